The zero-order valence-corrected chi connectivity index (χ0v) is 13.3. The van der Waals surface area contributed by atoms with Gasteiger partial charge in [-0.1, -0.05) is 30.3 Å². The van der Waals surface area contributed by atoms with E-state index >= 15 is 0 Å². The van der Waals surface area contributed by atoms with E-state index in [0.717, 1.165) is 5.56 Å². The van der Waals surface area contributed by atoms with Crippen LogP contribution in [0.25, 0.3) is 0 Å². The molecule has 0 N–H and O–H groups in total. The molecule has 1 aromatic carbocycles. The highest BCUT2D eigenvalue weighted by molar-refractivity contribution is 5.94. The molecule has 3 rings (SSSR count). The highest BCUT2D eigenvalue weighted by atomic mass is 16.2. The smallest absolute Gasteiger partial charge is 0.257 e. The molecule has 1 aliphatic heterocycles. The third kappa shape index (κ3) is 3.11. The quantitative estimate of drug-likeness (QED) is 0.843. The lowest BCUT2D eigenvalue weighted by Crippen LogP contribution is -2.51. The fourth-order valence-corrected chi connectivity index (χ4v) is 2.97. The van der Waals surface area contributed by atoms with Crippen molar-refractivity contribution in [1.29, 1.82) is 0 Å². The van der Waals surface area contributed by atoms with E-state index in [4.69, 9.17) is 0 Å². The number of hydrogen-bond acceptors (Lipinski definition) is 3. The van der Waals surface area contributed by atoms with Crippen LogP contribution in [0.5, 0.6) is 0 Å². The summed E-state index contributed by atoms with van der Waals surface area (Å²) in [6, 6.07) is 9.71. The van der Waals surface area contributed by atoms with E-state index in [1.165, 1.54) is 0 Å². The maximum atomic E-state index is 12.8. The molecule has 0 aliphatic carbocycles. The Morgan fingerprint density at radius 3 is 2.52 bits per heavy atom. The van der Waals surface area contributed by atoms with Crippen LogP contribution in [0.2, 0.25) is 0 Å². The number of benzene rings is 1. The molecule has 0 bridgehead atoms. The first-order valence-electron chi connectivity index (χ1n) is 7.66. The lowest BCUT2D eigenvalue weighted by Gasteiger charge is -2.41. The average Bonchev–Trinajstić information content (AvgIpc) is 3.01. The molecule has 0 radical (unpaired) electrons. The summed E-state index contributed by atoms with van der Waals surface area (Å²) in [6.45, 7) is 3.17. The fraction of sp³-hybridized carbons (Fsp3) is 0.353. The molecule has 23 heavy (non-hydrogen) atoms. The predicted octanol–water partition coefficient (Wildman–Crippen LogP) is 1.47. The number of aromatic nitrogens is 2. The Morgan fingerprint density at radius 1 is 1.17 bits per heavy atom. The predicted molar refractivity (Wildman–Crippen MR) is 85.7 cm³/mol. The molecule has 120 valence electrons. The number of piperazine rings is 1. The summed E-state index contributed by atoms with van der Waals surface area (Å²) in [4.78, 5) is 28.2. The van der Waals surface area contributed by atoms with E-state index in [0.29, 0.717) is 25.2 Å². The number of amides is 2. The van der Waals surface area contributed by atoms with Gasteiger partial charge in [-0.15, -0.1) is 0 Å². The lowest BCUT2D eigenvalue weighted by molar-refractivity contribution is -0.131. The SMILES string of the molecule is CC(=O)N1CCN(C(=O)c2cnn(C)c2)[C@H](c2ccccc2)C1. The maximum Gasteiger partial charge on any atom is 0.257 e. The molecule has 2 heterocycles. The first-order valence-corrected chi connectivity index (χ1v) is 7.66. The minimum atomic E-state index is -0.137. The Labute approximate surface area is 135 Å². The van der Waals surface area contributed by atoms with E-state index in [1.807, 2.05) is 35.2 Å². The summed E-state index contributed by atoms with van der Waals surface area (Å²) >= 11 is 0. The van der Waals surface area contributed by atoms with Crippen molar-refractivity contribution in [3.63, 3.8) is 0 Å². The number of rotatable bonds is 2. The van der Waals surface area contributed by atoms with Gasteiger partial charge in [0.05, 0.1) is 17.8 Å². The van der Waals surface area contributed by atoms with Crippen LogP contribution in [0.1, 0.15) is 28.9 Å². The topological polar surface area (TPSA) is 58.4 Å². The molecule has 1 aromatic heterocycles. The monoisotopic (exact) mass is 312 g/mol. The number of hydrogen-bond donors (Lipinski definition) is 0. The summed E-state index contributed by atoms with van der Waals surface area (Å²) in [6.07, 6.45) is 3.31. The second-order valence-corrected chi connectivity index (χ2v) is 5.79. The van der Waals surface area contributed by atoms with Crippen LogP contribution < -0.4 is 0 Å². The maximum absolute atomic E-state index is 12.8. The Balaban J connectivity index is 1.90. The fourth-order valence-electron chi connectivity index (χ4n) is 2.97. The van der Waals surface area contributed by atoms with Crippen molar-refractivity contribution in [2.75, 3.05) is 19.6 Å². The number of carbonyl (C=O) groups excluding carboxylic acids is 2. The van der Waals surface area contributed by atoms with Crippen molar-refractivity contribution in [3.8, 4) is 0 Å². The van der Waals surface area contributed by atoms with Gasteiger partial charge in [-0.05, 0) is 5.56 Å². The summed E-state index contributed by atoms with van der Waals surface area (Å²) in [5.41, 5.74) is 1.61. The highest BCUT2D eigenvalue weighted by Gasteiger charge is 2.33. The summed E-state index contributed by atoms with van der Waals surface area (Å²) in [5.74, 6) is -0.00503. The largest absolute Gasteiger partial charge is 0.339 e. The van der Waals surface area contributed by atoms with E-state index < -0.39 is 0 Å². The number of carbonyl (C=O) groups is 2. The molecular formula is C17H20N4O2. The standard InChI is InChI=1S/C17H20N4O2/c1-13(22)20-8-9-21(17(23)15-10-18-19(2)11-15)16(12-20)14-6-4-3-5-7-14/h3-7,10-11,16H,8-9,12H2,1-2H3/t16-/m0/s1. The molecule has 1 atom stereocenters. The van der Waals surface area contributed by atoms with Gasteiger partial charge in [0.2, 0.25) is 5.91 Å². The molecule has 0 unspecified atom stereocenters. The molecule has 2 amide bonds. The van der Waals surface area contributed by atoms with Crippen LogP contribution in [0.15, 0.2) is 42.7 Å². The van der Waals surface area contributed by atoms with Crippen LogP contribution in [-0.4, -0.2) is 51.0 Å². The average molecular weight is 312 g/mol. The van der Waals surface area contributed by atoms with Crippen LogP contribution in [0.3, 0.4) is 0 Å². The molecule has 2 aromatic rings. The first-order chi connectivity index (χ1) is 11.1. The second-order valence-electron chi connectivity index (χ2n) is 5.79. The van der Waals surface area contributed by atoms with Crippen molar-refractivity contribution in [3.05, 3.63) is 53.9 Å². The molecular weight excluding hydrogens is 292 g/mol. The number of aryl methyl sites for hydroxylation is 1. The van der Waals surface area contributed by atoms with Crippen LogP contribution in [0, 0.1) is 0 Å². The van der Waals surface area contributed by atoms with Gasteiger partial charge in [-0.25, -0.2) is 0 Å². The van der Waals surface area contributed by atoms with Crippen molar-refractivity contribution < 1.29 is 9.59 Å². The van der Waals surface area contributed by atoms with E-state index in [9.17, 15) is 9.59 Å². The lowest BCUT2D eigenvalue weighted by atomic mass is 10.0. The molecule has 6 nitrogen and oxygen atoms in total. The third-order valence-electron chi connectivity index (χ3n) is 4.22. The van der Waals surface area contributed by atoms with Gasteiger partial charge in [0.25, 0.3) is 5.91 Å². The van der Waals surface area contributed by atoms with Crippen LogP contribution in [-0.2, 0) is 11.8 Å². The molecule has 0 saturated carbocycles. The van der Waals surface area contributed by atoms with Crippen molar-refractivity contribution in [2.24, 2.45) is 7.05 Å². The molecule has 0 spiro atoms. The van der Waals surface area contributed by atoms with Gasteiger partial charge in [0, 0.05) is 39.8 Å². The van der Waals surface area contributed by atoms with Crippen molar-refractivity contribution >= 4 is 11.8 Å². The van der Waals surface area contributed by atoms with Gasteiger partial charge in [0.1, 0.15) is 0 Å². The molecule has 1 aliphatic rings. The van der Waals surface area contributed by atoms with Gasteiger partial charge in [-0.2, -0.15) is 5.10 Å². The number of nitrogens with zero attached hydrogens (tertiary/aromatic N) is 4. The van der Waals surface area contributed by atoms with Crippen molar-refractivity contribution in [1.82, 2.24) is 19.6 Å². The van der Waals surface area contributed by atoms with Crippen molar-refractivity contribution in [2.45, 2.75) is 13.0 Å². The van der Waals surface area contributed by atoms with Gasteiger partial charge in [-0.3, -0.25) is 14.3 Å². The molecule has 1 saturated heterocycles. The molecule has 1 fully saturated rings. The van der Waals surface area contributed by atoms with Gasteiger partial charge in [0.15, 0.2) is 0 Å². The summed E-state index contributed by atoms with van der Waals surface area (Å²) in [5, 5.41) is 4.08. The second kappa shape index (κ2) is 6.24. The minimum absolute atomic E-state index is 0.0411. The van der Waals surface area contributed by atoms with E-state index in [-0.39, 0.29) is 17.9 Å². The summed E-state index contributed by atoms with van der Waals surface area (Å²) < 4.78 is 1.62. The Hall–Kier alpha value is -2.63. The van der Waals surface area contributed by atoms with Crippen LogP contribution >= 0.6 is 0 Å². The Kier molecular flexibility index (Phi) is 4.14. The van der Waals surface area contributed by atoms with Crippen LogP contribution in [0.4, 0.5) is 0 Å². The molecule has 6 heteroatoms. The zero-order valence-electron chi connectivity index (χ0n) is 13.3. The normalized spacial score (nSPS) is 18.1. The Bertz CT molecular complexity index is 710. The van der Waals surface area contributed by atoms with E-state index in [1.54, 1.807) is 35.9 Å². The van der Waals surface area contributed by atoms with E-state index in [2.05, 4.69) is 5.10 Å². The van der Waals surface area contributed by atoms with Gasteiger partial charge >= 0.3 is 0 Å². The first kappa shape index (κ1) is 15.3. The Morgan fingerprint density at radius 2 is 1.91 bits per heavy atom. The third-order valence-corrected chi connectivity index (χ3v) is 4.22. The summed E-state index contributed by atoms with van der Waals surface area (Å²) in [7, 11) is 1.79. The minimum Gasteiger partial charge on any atom is -0.339 e. The van der Waals surface area contributed by atoms with Gasteiger partial charge < -0.3 is 9.80 Å². The highest BCUT2D eigenvalue weighted by Crippen LogP contribution is 2.27. The zero-order chi connectivity index (χ0) is 16.4.